The minimum atomic E-state index is 1.08. The zero-order valence-corrected chi connectivity index (χ0v) is 13.4. The molecule has 4 rings (SSSR count). The molecule has 3 aromatic rings. The van der Waals surface area contributed by atoms with Gasteiger partial charge in [0.25, 0.3) is 0 Å². The van der Waals surface area contributed by atoms with Gasteiger partial charge in [-0.05, 0) is 55.0 Å². The minimum Gasteiger partial charge on any atom is -0.327 e. The SMILES string of the molecule is Cc1ccc(-c2nc3c(C)cccc3n2C)c2c1C=CCC2. The summed E-state index contributed by atoms with van der Waals surface area (Å²) in [6.07, 6.45) is 6.77. The van der Waals surface area contributed by atoms with Crippen LogP contribution in [-0.2, 0) is 13.5 Å². The second-order valence-corrected chi connectivity index (χ2v) is 6.20. The van der Waals surface area contributed by atoms with Crippen molar-refractivity contribution in [1.82, 2.24) is 9.55 Å². The van der Waals surface area contributed by atoms with Crippen molar-refractivity contribution in [3.8, 4) is 11.4 Å². The van der Waals surface area contributed by atoms with Crippen molar-refractivity contribution in [1.29, 1.82) is 0 Å². The number of aromatic nitrogens is 2. The van der Waals surface area contributed by atoms with Crippen LogP contribution in [0.1, 0.15) is 28.7 Å². The van der Waals surface area contributed by atoms with E-state index in [0.717, 1.165) is 24.2 Å². The molecule has 2 heteroatoms. The number of imidazole rings is 1. The molecule has 2 nitrogen and oxygen atoms in total. The van der Waals surface area contributed by atoms with E-state index in [0.29, 0.717) is 0 Å². The number of hydrogen-bond donors (Lipinski definition) is 0. The van der Waals surface area contributed by atoms with E-state index >= 15 is 0 Å². The highest BCUT2D eigenvalue weighted by Crippen LogP contribution is 2.34. The highest BCUT2D eigenvalue weighted by atomic mass is 15.1. The molecule has 0 radical (unpaired) electrons. The van der Waals surface area contributed by atoms with Crippen LogP contribution in [0.5, 0.6) is 0 Å². The molecule has 1 aliphatic rings. The van der Waals surface area contributed by atoms with Gasteiger partial charge in [-0.2, -0.15) is 0 Å². The Hall–Kier alpha value is -2.35. The van der Waals surface area contributed by atoms with Crippen LogP contribution in [0.4, 0.5) is 0 Å². The van der Waals surface area contributed by atoms with Crippen LogP contribution in [0.3, 0.4) is 0 Å². The summed E-state index contributed by atoms with van der Waals surface area (Å²) in [5, 5.41) is 0. The lowest BCUT2D eigenvalue weighted by molar-refractivity contribution is 0.937. The molecule has 1 heterocycles. The fourth-order valence-corrected chi connectivity index (χ4v) is 3.52. The molecule has 2 aromatic carbocycles. The van der Waals surface area contributed by atoms with Crippen LogP contribution in [0, 0.1) is 13.8 Å². The summed E-state index contributed by atoms with van der Waals surface area (Å²) < 4.78 is 2.23. The molecule has 0 N–H and O–H groups in total. The summed E-state index contributed by atoms with van der Waals surface area (Å²) in [7, 11) is 2.12. The molecule has 1 aromatic heterocycles. The van der Waals surface area contributed by atoms with Gasteiger partial charge in [0.05, 0.1) is 11.0 Å². The van der Waals surface area contributed by atoms with Gasteiger partial charge in [0.1, 0.15) is 5.82 Å². The molecular weight excluding hydrogens is 268 g/mol. The summed E-state index contributed by atoms with van der Waals surface area (Å²) in [5.74, 6) is 1.08. The van der Waals surface area contributed by atoms with Gasteiger partial charge in [-0.3, -0.25) is 0 Å². The summed E-state index contributed by atoms with van der Waals surface area (Å²) in [6, 6.07) is 10.8. The Labute approximate surface area is 131 Å². The van der Waals surface area contributed by atoms with E-state index in [1.807, 2.05) is 0 Å². The maximum atomic E-state index is 4.96. The van der Waals surface area contributed by atoms with Crippen LogP contribution in [0.2, 0.25) is 0 Å². The first-order valence-corrected chi connectivity index (χ1v) is 7.88. The van der Waals surface area contributed by atoms with Crippen LogP contribution in [-0.4, -0.2) is 9.55 Å². The lowest BCUT2D eigenvalue weighted by Gasteiger charge is -2.17. The first-order valence-electron chi connectivity index (χ1n) is 7.88. The summed E-state index contributed by atoms with van der Waals surface area (Å²) in [6.45, 7) is 4.32. The van der Waals surface area contributed by atoms with Gasteiger partial charge in [0, 0.05) is 12.6 Å². The van der Waals surface area contributed by atoms with Gasteiger partial charge in [-0.15, -0.1) is 0 Å². The topological polar surface area (TPSA) is 17.8 Å². The van der Waals surface area contributed by atoms with Gasteiger partial charge in [-0.1, -0.05) is 36.4 Å². The van der Waals surface area contributed by atoms with Crippen LogP contribution < -0.4 is 0 Å². The average molecular weight is 288 g/mol. The van der Waals surface area contributed by atoms with E-state index in [-0.39, 0.29) is 0 Å². The third-order valence-corrected chi connectivity index (χ3v) is 4.77. The van der Waals surface area contributed by atoms with Gasteiger partial charge >= 0.3 is 0 Å². The molecule has 110 valence electrons. The lowest BCUT2D eigenvalue weighted by atomic mass is 9.89. The number of para-hydroxylation sites is 1. The van der Waals surface area contributed by atoms with E-state index in [4.69, 9.17) is 4.98 Å². The molecule has 0 fully saturated rings. The Morgan fingerprint density at radius 2 is 1.91 bits per heavy atom. The van der Waals surface area contributed by atoms with E-state index < -0.39 is 0 Å². The molecule has 22 heavy (non-hydrogen) atoms. The van der Waals surface area contributed by atoms with Gasteiger partial charge in [-0.25, -0.2) is 4.98 Å². The van der Waals surface area contributed by atoms with Crippen molar-refractivity contribution in [3.05, 3.63) is 58.7 Å². The van der Waals surface area contributed by atoms with Crippen molar-refractivity contribution in [3.63, 3.8) is 0 Å². The number of rotatable bonds is 1. The quantitative estimate of drug-likeness (QED) is 0.628. The minimum absolute atomic E-state index is 1.08. The highest BCUT2D eigenvalue weighted by molar-refractivity contribution is 5.84. The van der Waals surface area contributed by atoms with E-state index in [1.165, 1.54) is 33.3 Å². The highest BCUT2D eigenvalue weighted by Gasteiger charge is 2.18. The van der Waals surface area contributed by atoms with Crippen LogP contribution in [0.25, 0.3) is 28.5 Å². The number of allylic oxidation sites excluding steroid dienone is 1. The van der Waals surface area contributed by atoms with Crippen molar-refractivity contribution >= 4 is 17.1 Å². The molecular formula is C20H20N2. The first-order chi connectivity index (χ1) is 10.7. The second-order valence-electron chi connectivity index (χ2n) is 6.20. The molecule has 0 saturated carbocycles. The number of aryl methyl sites for hydroxylation is 3. The monoisotopic (exact) mass is 288 g/mol. The fourth-order valence-electron chi connectivity index (χ4n) is 3.52. The predicted molar refractivity (Wildman–Crippen MR) is 93.0 cm³/mol. The van der Waals surface area contributed by atoms with Crippen LogP contribution in [0.15, 0.2) is 36.4 Å². The molecule has 0 spiro atoms. The number of hydrogen-bond acceptors (Lipinski definition) is 1. The molecule has 0 bridgehead atoms. The Bertz CT molecular complexity index is 913. The van der Waals surface area contributed by atoms with E-state index in [2.05, 4.69) is 67.9 Å². The third kappa shape index (κ3) is 1.83. The van der Waals surface area contributed by atoms with Crippen molar-refractivity contribution < 1.29 is 0 Å². The number of nitrogens with zero attached hydrogens (tertiary/aromatic N) is 2. The molecule has 0 aliphatic heterocycles. The Kier molecular flexibility index (Phi) is 2.93. The fraction of sp³-hybridized carbons (Fsp3) is 0.250. The maximum Gasteiger partial charge on any atom is 0.141 e. The Morgan fingerprint density at radius 3 is 2.73 bits per heavy atom. The lowest BCUT2D eigenvalue weighted by Crippen LogP contribution is -2.03. The predicted octanol–water partition coefficient (Wildman–Crippen LogP) is 4.82. The number of benzene rings is 2. The average Bonchev–Trinajstić information content (AvgIpc) is 2.87. The van der Waals surface area contributed by atoms with Crippen molar-refractivity contribution in [2.45, 2.75) is 26.7 Å². The maximum absolute atomic E-state index is 4.96. The van der Waals surface area contributed by atoms with Gasteiger partial charge in [0.2, 0.25) is 0 Å². The number of fused-ring (bicyclic) bond motifs is 2. The molecule has 1 aliphatic carbocycles. The summed E-state index contributed by atoms with van der Waals surface area (Å²) in [4.78, 5) is 4.96. The molecule has 0 atom stereocenters. The largest absolute Gasteiger partial charge is 0.327 e. The molecule has 0 saturated heterocycles. The summed E-state index contributed by atoms with van der Waals surface area (Å²) >= 11 is 0. The Balaban J connectivity index is 2.03. The van der Waals surface area contributed by atoms with Gasteiger partial charge < -0.3 is 4.57 Å². The van der Waals surface area contributed by atoms with E-state index in [9.17, 15) is 0 Å². The molecule has 0 amide bonds. The Morgan fingerprint density at radius 1 is 1.05 bits per heavy atom. The van der Waals surface area contributed by atoms with Crippen molar-refractivity contribution in [2.24, 2.45) is 7.05 Å². The first kappa shape index (κ1) is 13.3. The van der Waals surface area contributed by atoms with Crippen LogP contribution >= 0.6 is 0 Å². The van der Waals surface area contributed by atoms with Crippen molar-refractivity contribution in [2.75, 3.05) is 0 Å². The smallest absolute Gasteiger partial charge is 0.141 e. The zero-order chi connectivity index (χ0) is 15.3. The van der Waals surface area contributed by atoms with E-state index in [1.54, 1.807) is 0 Å². The standard InChI is InChI=1S/C20H20N2/c1-13-11-12-17(16-9-5-4-8-15(13)16)20-21-19-14(2)7-6-10-18(19)22(20)3/h4,6-8,10-12H,5,9H2,1-3H3. The third-order valence-electron chi connectivity index (χ3n) is 4.77. The summed E-state index contributed by atoms with van der Waals surface area (Å²) in [5.41, 5.74) is 9.01. The second kappa shape index (κ2) is 4.84. The molecule has 0 unspecified atom stereocenters. The zero-order valence-electron chi connectivity index (χ0n) is 13.4. The normalized spacial score (nSPS) is 13.6. The van der Waals surface area contributed by atoms with Gasteiger partial charge in [0.15, 0.2) is 0 Å².